The number of Topliss-reactive ketones (excluding diaryl/α,β-unsaturated/α-hetero) is 1. The molecule has 1 aromatic heterocycles. The second kappa shape index (κ2) is 7.69. The van der Waals surface area contributed by atoms with E-state index in [0.29, 0.717) is 12.2 Å². The summed E-state index contributed by atoms with van der Waals surface area (Å²) in [5.74, 6) is 1.15. The van der Waals surface area contributed by atoms with Crippen LogP contribution in [0.1, 0.15) is 36.8 Å². The van der Waals surface area contributed by atoms with Gasteiger partial charge >= 0.3 is 0 Å². The van der Waals surface area contributed by atoms with Crippen LogP contribution in [0.3, 0.4) is 0 Å². The molecule has 0 radical (unpaired) electrons. The molecule has 0 N–H and O–H groups in total. The summed E-state index contributed by atoms with van der Waals surface area (Å²) in [6.45, 7) is 4.22. The molecule has 2 aromatic carbocycles. The maximum atomic E-state index is 12.3. The van der Waals surface area contributed by atoms with Crippen molar-refractivity contribution < 1.29 is 4.79 Å². The zero-order valence-corrected chi connectivity index (χ0v) is 16.5. The van der Waals surface area contributed by atoms with Gasteiger partial charge < -0.3 is 0 Å². The Morgan fingerprint density at radius 2 is 1.81 bits per heavy atom. The molecule has 1 fully saturated rings. The first-order chi connectivity index (χ1) is 13.1. The quantitative estimate of drug-likeness (QED) is 0.630. The van der Waals surface area contributed by atoms with Crippen LogP contribution in [-0.2, 0) is 4.79 Å². The molecule has 3 aromatic rings. The molecule has 0 bridgehead atoms. The predicted molar refractivity (Wildman–Crippen MR) is 109 cm³/mol. The van der Waals surface area contributed by atoms with Gasteiger partial charge in [0.25, 0.3) is 0 Å². The first-order valence-electron chi connectivity index (χ1n) is 9.41. The minimum Gasteiger partial charge on any atom is -0.298 e. The van der Waals surface area contributed by atoms with Gasteiger partial charge in [-0.25, -0.2) is 0 Å². The molecular weight excluding hydrogens is 354 g/mol. The van der Waals surface area contributed by atoms with E-state index in [-0.39, 0.29) is 5.25 Å². The van der Waals surface area contributed by atoms with Crippen molar-refractivity contribution in [3.8, 4) is 17.1 Å². The van der Waals surface area contributed by atoms with E-state index in [1.807, 2.05) is 30.3 Å². The monoisotopic (exact) mass is 377 g/mol. The average Bonchev–Trinajstić information content (AvgIpc) is 3.10. The number of rotatable bonds is 4. The number of carbonyl (C=O) groups is 1. The third kappa shape index (κ3) is 3.69. The number of benzene rings is 2. The molecule has 27 heavy (non-hydrogen) atoms. The molecule has 0 aliphatic heterocycles. The molecule has 1 heterocycles. The Balaban J connectivity index is 1.80. The topological polar surface area (TPSA) is 47.8 Å². The van der Waals surface area contributed by atoms with Gasteiger partial charge in [-0.3, -0.25) is 9.36 Å². The zero-order chi connectivity index (χ0) is 18.8. The minimum atomic E-state index is -0.0168. The summed E-state index contributed by atoms with van der Waals surface area (Å²) in [6.07, 6.45) is 3.71. The van der Waals surface area contributed by atoms with Gasteiger partial charge in [0, 0.05) is 12.0 Å². The highest BCUT2D eigenvalue weighted by atomic mass is 32.2. The number of ketones is 1. The Hall–Kier alpha value is -2.40. The number of carbonyl (C=O) groups excluding carboxylic acids is 1. The van der Waals surface area contributed by atoms with Crippen molar-refractivity contribution in [1.29, 1.82) is 0 Å². The first-order valence-corrected chi connectivity index (χ1v) is 10.3. The van der Waals surface area contributed by atoms with Crippen LogP contribution in [0.4, 0.5) is 0 Å². The standard InChI is InChI=1S/C22H23N3OS/c1-15-12-13-18(14-16(15)2)25-21(17-8-4-3-5-9-17)23-24-22(25)27-20-11-7-6-10-19(20)26/h3-5,8-9,12-14,20H,6-7,10-11H2,1-2H3. The van der Waals surface area contributed by atoms with Gasteiger partial charge in [-0.1, -0.05) is 54.6 Å². The van der Waals surface area contributed by atoms with E-state index in [4.69, 9.17) is 0 Å². The van der Waals surface area contributed by atoms with Gasteiger partial charge in [0.2, 0.25) is 0 Å². The Bertz CT molecular complexity index is 965. The summed E-state index contributed by atoms with van der Waals surface area (Å²) in [5, 5.41) is 9.73. The van der Waals surface area contributed by atoms with E-state index in [9.17, 15) is 4.79 Å². The van der Waals surface area contributed by atoms with Crippen molar-refractivity contribution in [3.05, 3.63) is 59.7 Å². The summed E-state index contributed by atoms with van der Waals surface area (Å²) >= 11 is 1.56. The van der Waals surface area contributed by atoms with Crippen LogP contribution in [0.5, 0.6) is 0 Å². The SMILES string of the molecule is Cc1ccc(-n2c(SC3CCCCC3=O)nnc2-c2ccccc2)cc1C. The first kappa shape index (κ1) is 18.0. The molecule has 0 amide bonds. The minimum absolute atomic E-state index is 0.0168. The number of aromatic nitrogens is 3. The molecular formula is C22H23N3OS. The fourth-order valence-corrected chi connectivity index (χ4v) is 4.59. The lowest BCUT2D eigenvalue weighted by atomic mass is 9.99. The lowest BCUT2D eigenvalue weighted by Gasteiger charge is -2.20. The molecule has 4 nitrogen and oxygen atoms in total. The fourth-order valence-electron chi connectivity index (χ4n) is 3.42. The van der Waals surface area contributed by atoms with Gasteiger partial charge in [-0.15, -0.1) is 10.2 Å². The zero-order valence-electron chi connectivity index (χ0n) is 15.7. The van der Waals surface area contributed by atoms with Crippen molar-refractivity contribution in [2.24, 2.45) is 0 Å². The third-order valence-electron chi connectivity index (χ3n) is 5.16. The van der Waals surface area contributed by atoms with Crippen LogP contribution in [0.25, 0.3) is 17.1 Å². The second-order valence-electron chi connectivity index (χ2n) is 7.09. The van der Waals surface area contributed by atoms with Crippen LogP contribution in [0.15, 0.2) is 53.7 Å². The van der Waals surface area contributed by atoms with Crippen molar-refractivity contribution in [3.63, 3.8) is 0 Å². The second-order valence-corrected chi connectivity index (χ2v) is 8.26. The van der Waals surface area contributed by atoms with Gasteiger partial charge in [0.1, 0.15) is 5.78 Å². The molecule has 1 saturated carbocycles. The van der Waals surface area contributed by atoms with Crippen LogP contribution in [-0.4, -0.2) is 25.8 Å². The lowest BCUT2D eigenvalue weighted by molar-refractivity contribution is -0.119. The third-order valence-corrected chi connectivity index (χ3v) is 6.42. The maximum Gasteiger partial charge on any atom is 0.196 e. The maximum absolute atomic E-state index is 12.3. The van der Waals surface area contributed by atoms with Crippen LogP contribution >= 0.6 is 11.8 Å². The molecule has 1 atom stereocenters. The summed E-state index contributed by atoms with van der Waals surface area (Å²) in [4.78, 5) is 12.3. The van der Waals surface area contributed by atoms with E-state index in [0.717, 1.165) is 41.5 Å². The van der Waals surface area contributed by atoms with E-state index in [1.54, 1.807) is 11.8 Å². The van der Waals surface area contributed by atoms with Gasteiger partial charge in [0.15, 0.2) is 11.0 Å². The lowest BCUT2D eigenvalue weighted by Crippen LogP contribution is -2.21. The number of nitrogens with zero attached hydrogens (tertiary/aromatic N) is 3. The number of thioether (sulfide) groups is 1. The van der Waals surface area contributed by atoms with Crippen molar-refractivity contribution in [1.82, 2.24) is 14.8 Å². The normalized spacial score (nSPS) is 17.3. The molecule has 1 aliphatic rings. The molecule has 1 unspecified atom stereocenters. The summed E-state index contributed by atoms with van der Waals surface area (Å²) in [6, 6.07) is 16.5. The molecule has 138 valence electrons. The molecule has 1 aliphatic carbocycles. The molecule has 4 rings (SSSR count). The van der Waals surface area contributed by atoms with E-state index >= 15 is 0 Å². The Kier molecular flexibility index (Phi) is 5.12. The highest BCUT2D eigenvalue weighted by Crippen LogP contribution is 2.34. The van der Waals surface area contributed by atoms with Gasteiger partial charge in [0.05, 0.1) is 10.9 Å². The fraction of sp³-hybridized carbons (Fsp3) is 0.318. The van der Waals surface area contributed by atoms with Gasteiger partial charge in [-0.05, 0) is 49.9 Å². The number of hydrogen-bond donors (Lipinski definition) is 0. The van der Waals surface area contributed by atoms with E-state index in [2.05, 4.69) is 46.8 Å². The van der Waals surface area contributed by atoms with E-state index in [1.165, 1.54) is 11.1 Å². The van der Waals surface area contributed by atoms with Crippen molar-refractivity contribution >= 4 is 17.5 Å². The largest absolute Gasteiger partial charge is 0.298 e. The Morgan fingerprint density at radius 1 is 1.00 bits per heavy atom. The van der Waals surface area contributed by atoms with Gasteiger partial charge in [-0.2, -0.15) is 0 Å². The van der Waals surface area contributed by atoms with Crippen molar-refractivity contribution in [2.75, 3.05) is 0 Å². The van der Waals surface area contributed by atoms with Crippen LogP contribution in [0, 0.1) is 13.8 Å². The number of aryl methyl sites for hydroxylation is 2. The average molecular weight is 378 g/mol. The highest BCUT2D eigenvalue weighted by molar-refractivity contribution is 8.00. The smallest absolute Gasteiger partial charge is 0.196 e. The molecule has 0 saturated heterocycles. The van der Waals surface area contributed by atoms with Crippen LogP contribution in [0.2, 0.25) is 0 Å². The molecule has 5 heteroatoms. The summed E-state index contributed by atoms with van der Waals surface area (Å²) < 4.78 is 2.09. The van der Waals surface area contributed by atoms with Crippen LogP contribution < -0.4 is 0 Å². The Morgan fingerprint density at radius 3 is 2.56 bits per heavy atom. The summed E-state index contributed by atoms with van der Waals surface area (Å²) in [7, 11) is 0. The highest BCUT2D eigenvalue weighted by Gasteiger charge is 2.27. The Labute approximate surface area is 164 Å². The predicted octanol–water partition coefficient (Wildman–Crippen LogP) is 5.15. The van der Waals surface area contributed by atoms with E-state index < -0.39 is 0 Å². The molecule has 0 spiro atoms. The van der Waals surface area contributed by atoms with Crippen molar-refractivity contribution in [2.45, 2.75) is 49.9 Å². The summed E-state index contributed by atoms with van der Waals surface area (Å²) in [5.41, 5.74) is 4.53. The number of hydrogen-bond acceptors (Lipinski definition) is 4.